The van der Waals surface area contributed by atoms with Gasteiger partial charge in [-0.05, 0) is 54.6 Å². The molecular formula is C38H48. The van der Waals surface area contributed by atoms with E-state index in [9.17, 15) is 0 Å². The predicted octanol–water partition coefficient (Wildman–Crippen LogP) is 13.0. The molecule has 38 heavy (non-hydrogen) atoms. The van der Waals surface area contributed by atoms with Gasteiger partial charge in [0.15, 0.2) is 0 Å². The largest absolute Gasteiger partial charge is 0.0683 e. The van der Waals surface area contributed by atoms with E-state index in [2.05, 4.69) is 109 Å². The first-order valence-corrected chi connectivity index (χ1v) is 14.7. The molecule has 0 heteroatoms. The van der Waals surface area contributed by atoms with Crippen LogP contribution in [0.3, 0.4) is 0 Å². The van der Waals surface area contributed by atoms with Crippen LogP contribution in [-0.2, 0) is 0 Å². The van der Waals surface area contributed by atoms with Gasteiger partial charge in [-0.3, -0.25) is 0 Å². The van der Waals surface area contributed by atoms with E-state index in [0.717, 1.165) is 0 Å². The molecule has 0 aliphatic rings. The van der Waals surface area contributed by atoms with Crippen LogP contribution in [0.2, 0.25) is 0 Å². The fourth-order valence-electron chi connectivity index (χ4n) is 4.54. The average molecular weight is 505 g/mol. The molecule has 0 fully saturated rings. The molecule has 0 bridgehead atoms. The lowest BCUT2D eigenvalue weighted by atomic mass is 9.87. The highest BCUT2D eigenvalue weighted by Gasteiger charge is 2.14. The van der Waals surface area contributed by atoms with Crippen molar-refractivity contribution in [1.29, 1.82) is 0 Å². The molecule has 0 aromatic heterocycles. The van der Waals surface area contributed by atoms with Crippen molar-refractivity contribution >= 4 is 32.3 Å². The van der Waals surface area contributed by atoms with Crippen molar-refractivity contribution in [3.8, 4) is 22.3 Å². The van der Waals surface area contributed by atoms with Gasteiger partial charge in [0.2, 0.25) is 0 Å². The summed E-state index contributed by atoms with van der Waals surface area (Å²) in [5.74, 6) is 0. The molecule has 0 saturated carbocycles. The van der Waals surface area contributed by atoms with Crippen molar-refractivity contribution in [2.75, 3.05) is 0 Å². The van der Waals surface area contributed by atoms with Crippen molar-refractivity contribution in [3.63, 3.8) is 0 Å². The summed E-state index contributed by atoms with van der Waals surface area (Å²) >= 11 is 0. The van der Waals surface area contributed by atoms with Crippen LogP contribution in [-0.4, -0.2) is 0 Å². The highest BCUT2D eigenvalue weighted by molar-refractivity contribution is 6.27. The second kappa shape index (κ2) is 17.8. The van der Waals surface area contributed by atoms with Crippen LogP contribution < -0.4 is 0 Å². The van der Waals surface area contributed by atoms with Gasteiger partial charge >= 0.3 is 0 Å². The highest BCUT2D eigenvalue weighted by atomic mass is 14.2. The monoisotopic (exact) mass is 504 g/mol. The Labute approximate surface area is 232 Å². The molecule has 0 aliphatic carbocycles. The second-order valence-electron chi connectivity index (χ2n) is 7.38. The number of benzene rings is 6. The summed E-state index contributed by atoms with van der Waals surface area (Å²) in [5.41, 5.74) is 5.13. The molecule has 0 nitrogen and oxygen atoms in total. The molecule has 200 valence electrons. The van der Waals surface area contributed by atoms with Gasteiger partial charge in [0.1, 0.15) is 0 Å². The summed E-state index contributed by atoms with van der Waals surface area (Å²) in [6, 6.07) is 39.5. The van der Waals surface area contributed by atoms with E-state index in [4.69, 9.17) is 0 Å². The zero-order valence-corrected chi connectivity index (χ0v) is 25.4. The Balaban J connectivity index is 0.000000653. The third kappa shape index (κ3) is 6.81. The van der Waals surface area contributed by atoms with Crippen LogP contribution in [0.15, 0.2) is 109 Å². The molecular weight excluding hydrogens is 456 g/mol. The molecule has 6 aromatic carbocycles. The maximum Gasteiger partial charge on any atom is -0.00203 e. The molecule has 0 radical (unpaired) electrons. The summed E-state index contributed by atoms with van der Waals surface area (Å²) in [5, 5.41) is 8.00. The van der Waals surface area contributed by atoms with Gasteiger partial charge in [-0.25, -0.2) is 0 Å². The summed E-state index contributed by atoms with van der Waals surface area (Å²) in [6.07, 6.45) is 0. The van der Waals surface area contributed by atoms with E-state index in [0.29, 0.717) is 0 Å². The molecule has 0 N–H and O–H groups in total. The summed E-state index contributed by atoms with van der Waals surface area (Å²) in [4.78, 5) is 0. The molecule has 0 heterocycles. The van der Waals surface area contributed by atoms with Gasteiger partial charge in [0.05, 0.1) is 0 Å². The van der Waals surface area contributed by atoms with Gasteiger partial charge in [-0.1, -0.05) is 178 Å². The minimum absolute atomic E-state index is 1.27. The molecule has 0 unspecified atom stereocenters. The Morgan fingerprint density at radius 3 is 0.895 bits per heavy atom. The maximum absolute atomic E-state index is 2.29. The smallest absolute Gasteiger partial charge is 0.00203 e. The Morgan fingerprint density at radius 2 is 0.579 bits per heavy atom. The fraction of sp³-hybridized carbons (Fsp3) is 0.263. The van der Waals surface area contributed by atoms with E-state index >= 15 is 0 Å². The minimum atomic E-state index is 1.27. The number of hydrogen-bond acceptors (Lipinski definition) is 0. The van der Waals surface area contributed by atoms with Crippen molar-refractivity contribution in [1.82, 2.24) is 0 Å². The van der Waals surface area contributed by atoms with Crippen molar-refractivity contribution < 1.29 is 0 Å². The maximum atomic E-state index is 2.29. The van der Waals surface area contributed by atoms with E-state index < -0.39 is 0 Å². The molecule has 6 rings (SSSR count). The van der Waals surface area contributed by atoms with Crippen LogP contribution in [0, 0.1) is 0 Å². The Bertz CT molecular complexity index is 1310. The molecule has 6 aromatic rings. The standard InChI is InChI=1S/C28H18.5C2H6/c1-3-7-19(8-4-1)23-15-11-21-14-18-26-24(20-9-5-2-6-10-20)16-12-22-13-17-25(23)27(21)28(22)26;5*1-2/h1-18H;5*1-2H3. The zero-order valence-electron chi connectivity index (χ0n) is 25.4. The molecule has 0 atom stereocenters. The van der Waals surface area contributed by atoms with Crippen molar-refractivity contribution in [2.24, 2.45) is 0 Å². The topological polar surface area (TPSA) is 0 Å². The SMILES string of the molecule is CC.CC.CC.CC.CC.c1ccc(-c2ccc3ccc4c(-c5ccccc5)ccc5ccc2c3c54)cc1. The van der Waals surface area contributed by atoms with Gasteiger partial charge in [0, 0.05) is 0 Å². The van der Waals surface area contributed by atoms with E-state index in [1.54, 1.807) is 0 Å². The first-order valence-electron chi connectivity index (χ1n) is 14.7. The molecule has 0 amide bonds. The Kier molecular flexibility index (Phi) is 15.1. The third-order valence-electron chi connectivity index (χ3n) is 5.83. The fourth-order valence-corrected chi connectivity index (χ4v) is 4.54. The van der Waals surface area contributed by atoms with Crippen molar-refractivity contribution in [3.05, 3.63) is 109 Å². The molecule has 0 saturated heterocycles. The highest BCUT2D eigenvalue weighted by Crippen LogP contribution is 2.42. The van der Waals surface area contributed by atoms with Crippen molar-refractivity contribution in [2.45, 2.75) is 69.2 Å². The van der Waals surface area contributed by atoms with Crippen LogP contribution in [0.5, 0.6) is 0 Å². The first-order chi connectivity index (χ1) is 18.9. The van der Waals surface area contributed by atoms with E-state index in [1.165, 1.54) is 54.6 Å². The number of rotatable bonds is 2. The van der Waals surface area contributed by atoms with E-state index in [-0.39, 0.29) is 0 Å². The first kappa shape index (κ1) is 32.4. The minimum Gasteiger partial charge on any atom is -0.0683 e. The van der Waals surface area contributed by atoms with E-state index in [1.807, 2.05) is 69.2 Å². The summed E-state index contributed by atoms with van der Waals surface area (Å²) < 4.78 is 0. The number of hydrogen-bond donors (Lipinski definition) is 0. The van der Waals surface area contributed by atoms with Crippen LogP contribution in [0.25, 0.3) is 54.6 Å². The predicted molar refractivity (Wildman–Crippen MR) is 178 cm³/mol. The summed E-state index contributed by atoms with van der Waals surface area (Å²) in [6.45, 7) is 20.0. The second-order valence-corrected chi connectivity index (χ2v) is 7.38. The van der Waals surface area contributed by atoms with Gasteiger partial charge in [0.25, 0.3) is 0 Å². The molecule has 0 spiro atoms. The van der Waals surface area contributed by atoms with Gasteiger partial charge < -0.3 is 0 Å². The zero-order chi connectivity index (χ0) is 28.5. The quantitative estimate of drug-likeness (QED) is 0.206. The average Bonchev–Trinajstić information content (AvgIpc) is 3.05. The van der Waals surface area contributed by atoms with Gasteiger partial charge in [-0.2, -0.15) is 0 Å². The Morgan fingerprint density at radius 1 is 0.289 bits per heavy atom. The lowest BCUT2D eigenvalue weighted by Crippen LogP contribution is -1.89. The third-order valence-corrected chi connectivity index (χ3v) is 5.83. The lowest BCUT2D eigenvalue weighted by molar-refractivity contribution is 1.50. The molecule has 0 aliphatic heterocycles. The van der Waals surface area contributed by atoms with Crippen LogP contribution >= 0.6 is 0 Å². The summed E-state index contributed by atoms with van der Waals surface area (Å²) in [7, 11) is 0. The van der Waals surface area contributed by atoms with Gasteiger partial charge in [-0.15, -0.1) is 0 Å². The van der Waals surface area contributed by atoms with Crippen LogP contribution in [0.4, 0.5) is 0 Å². The van der Waals surface area contributed by atoms with Crippen LogP contribution in [0.1, 0.15) is 69.2 Å². The lowest BCUT2D eigenvalue weighted by Gasteiger charge is -2.16. The Hall–Kier alpha value is -3.64. The normalized spacial score (nSPS) is 9.32.